The molecule has 3 aromatic rings. The van der Waals surface area contributed by atoms with Gasteiger partial charge in [0.05, 0.1) is 6.54 Å². The number of ether oxygens (including phenoxy) is 2. The van der Waals surface area contributed by atoms with Crippen molar-refractivity contribution >= 4 is 11.8 Å². The van der Waals surface area contributed by atoms with Crippen molar-refractivity contribution in [3.05, 3.63) is 72.2 Å². The van der Waals surface area contributed by atoms with Crippen LogP contribution < -0.4 is 20.1 Å². The van der Waals surface area contributed by atoms with Gasteiger partial charge in [0.25, 0.3) is 11.8 Å². The lowest BCUT2D eigenvalue weighted by atomic mass is 10.2. The highest BCUT2D eigenvalue weighted by Crippen LogP contribution is 2.24. The monoisotopic (exact) mass is 464 g/mol. The molecule has 1 aromatic carbocycles. The molecule has 3 rings (SSSR count). The Morgan fingerprint density at radius 1 is 1.03 bits per heavy atom. The van der Waals surface area contributed by atoms with Crippen molar-refractivity contribution in [3.63, 3.8) is 0 Å². The van der Waals surface area contributed by atoms with Crippen molar-refractivity contribution in [2.75, 3.05) is 13.2 Å². The van der Waals surface area contributed by atoms with Crippen LogP contribution in [0, 0.1) is 0 Å². The summed E-state index contributed by atoms with van der Waals surface area (Å²) in [4.78, 5) is 32.2. The first kappa shape index (κ1) is 23.6. The van der Waals surface area contributed by atoms with Crippen LogP contribution >= 0.6 is 0 Å². The second kappa shape index (κ2) is 11.0. The molecule has 0 unspecified atom stereocenters. The highest BCUT2D eigenvalue weighted by Gasteiger charge is 2.31. The minimum Gasteiger partial charge on any atom is -0.484 e. The van der Waals surface area contributed by atoms with Crippen molar-refractivity contribution < 1.29 is 36.7 Å². The first-order valence-corrected chi connectivity index (χ1v) is 9.66. The number of hydrogen-bond donors (Lipinski definition) is 2. The second-order valence-electron chi connectivity index (χ2n) is 6.54. The van der Waals surface area contributed by atoms with Gasteiger partial charge in [-0.15, -0.1) is 13.2 Å². The predicted molar refractivity (Wildman–Crippen MR) is 107 cm³/mol. The molecule has 0 spiro atoms. The smallest absolute Gasteiger partial charge is 0.484 e. The first-order chi connectivity index (χ1) is 15.8. The number of oxazole rings is 1. The van der Waals surface area contributed by atoms with Gasteiger partial charge in [0.1, 0.15) is 17.8 Å². The average molecular weight is 464 g/mol. The van der Waals surface area contributed by atoms with E-state index < -0.39 is 23.9 Å². The summed E-state index contributed by atoms with van der Waals surface area (Å²) in [6.07, 6.45) is -1.38. The number of aromatic nitrogens is 2. The van der Waals surface area contributed by atoms with E-state index in [-0.39, 0.29) is 30.5 Å². The van der Waals surface area contributed by atoms with Crippen LogP contribution in [0.5, 0.6) is 11.5 Å². The fourth-order valence-electron chi connectivity index (χ4n) is 2.55. The van der Waals surface area contributed by atoms with Crippen molar-refractivity contribution in [3.8, 4) is 11.5 Å². The number of carbonyl (C=O) groups excluding carboxylic acids is 2. The molecule has 0 radical (unpaired) electrons. The zero-order chi connectivity index (χ0) is 23.7. The SMILES string of the molecule is O=C(COc1ccc(OC(F)(F)F)cc1)NCc1nc(C(=O)NCCc2ccccn2)co1. The number of rotatable bonds is 10. The lowest BCUT2D eigenvalue weighted by Crippen LogP contribution is -2.29. The van der Waals surface area contributed by atoms with Gasteiger partial charge in [-0.2, -0.15) is 0 Å². The molecule has 0 aliphatic heterocycles. The quantitative estimate of drug-likeness (QED) is 0.474. The van der Waals surface area contributed by atoms with Crippen molar-refractivity contribution in [2.24, 2.45) is 0 Å². The molecule has 0 saturated heterocycles. The van der Waals surface area contributed by atoms with E-state index in [1.54, 1.807) is 12.3 Å². The van der Waals surface area contributed by atoms with Gasteiger partial charge in [-0.3, -0.25) is 14.6 Å². The van der Waals surface area contributed by atoms with Crippen LogP contribution in [0.1, 0.15) is 22.1 Å². The Morgan fingerprint density at radius 2 is 1.79 bits per heavy atom. The van der Waals surface area contributed by atoms with E-state index in [4.69, 9.17) is 9.15 Å². The maximum Gasteiger partial charge on any atom is 0.573 e. The fourth-order valence-corrected chi connectivity index (χ4v) is 2.55. The van der Waals surface area contributed by atoms with Crippen LogP contribution in [0.2, 0.25) is 0 Å². The van der Waals surface area contributed by atoms with Gasteiger partial charge in [0.2, 0.25) is 5.89 Å². The van der Waals surface area contributed by atoms with E-state index in [1.807, 2.05) is 12.1 Å². The number of amides is 2. The first-order valence-electron chi connectivity index (χ1n) is 9.66. The lowest BCUT2D eigenvalue weighted by Gasteiger charge is -2.10. The third kappa shape index (κ3) is 8.16. The lowest BCUT2D eigenvalue weighted by molar-refractivity contribution is -0.274. The largest absolute Gasteiger partial charge is 0.573 e. The van der Waals surface area contributed by atoms with Gasteiger partial charge < -0.3 is 24.5 Å². The van der Waals surface area contributed by atoms with Gasteiger partial charge in [-0.25, -0.2) is 4.98 Å². The Morgan fingerprint density at radius 3 is 2.48 bits per heavy atom. The number of nitrogens with one attached hydrogen (secondary N) is 2. The predicted octanol–water partition coefficient (Wildman–Crippen LogP) is 2.64. The zero-order valence-electron chi connectivity index (χ0n) is 17.1. The minimum atomic E-state index is -4.79. The summed E-state index contributed by atoms with van der Waals surface area (Å²) in [5.41, 5.74) is 0.909. The van der Waals surface area contributed by atoms with Crippen LogP contribution in [0.4, 0.5) is 13.2 Å². The summed E-state index contributed by atoms with van der Waals surface area (Å²) in [6, 6.07) is 10.1. The van der Waals surface area contributed by atoms with Gasteiger partial charge in [-0.1, -0.05) is 6.07 Å². The van der Waals surface area contributed by atoms with Crippen LogP contribution in [-0.4, -0.2) is 41.3 Å². The number of carbonyl (C=O) groups is 2. The molecule has 2 amide bonds. The molecular formula is C21H19F3N4O5. The summed E-state index contributed by atoms with van der Waals surface area (Å²) in [7, 11) is 0. The van der Waals surface area contributed by atoms with Crippen molar-refractivity contribution in [1.82, 2.24) is 20.6 Å². The average Bonchev–Trinajstić information content (AvgIpc) is 3.26. The molecule has 2 N–H and O–H groups in total. The molecular weight excluding hydrogens is 445 g/mol. The zero-order valence-corrected chi connectivity index (χ0v) is 17.1. The Balaban J connectivity index is 1.37. The maximum atomic E-state index is 12.1. The highest BCUT2D eigenvalue weighted by atomic mass is 19.4. The van der Waals surface area contributed by atoms with E-state index in [9.17, 15) is 22.8 Å². The van der Waals surface area contributed by atoms with E-state index in [1.165, 1.54) is 18.4 Å². The van der Waals surface area contributed by atoms with E-state index >= 15 is 0 Å². The molecule has 0 aliphatic rings. The summed E-state index contributed by atoms with van der Waals surface area (Å²) in [6.45, 7) is -0.0990. The molecule has 9 nitrogen and oxygen atoms in total. The number of benzene rings is 1. The topological polar surface area (TPSA) is 116 Å². The Kier molecular flexibility index (Phi) is 7.84. The normalized spacial score (nSPS) is 11.0. The second-order valence-corrected chi connectivity index (χ2v) is 6.54. The molecule has 2 aromatic heterocycles. The third-order valence-corrected chi connectivity index (χ3v) is 4.04. The molecule has 0 atom stereocenters. The van der Waals surface area contributed by atoms with E-state index in [0.29, 0.717) is 13.0 Å². The molecule has 0 fully saturated rings. The molecule has 12 heteroatoms. The van der Waals surface area contributed by atoms with E-state index in [0.717, 1.165) is 17.8 Å². The van der Waals surface area contributed by atoms with Crippen molar-refractivity contribution in [2.45, 2.75) is 19.3 Å². The van der Waals surface area contributed by atoms with Crippen LogP contribution in [0.25, 0.3) is 0 Å². The number of pyridine rings is 1. The molecule has 0 bridgehead atoms. The van der Waals surface area contributed by atoms with Gasteiger partial charge in [0, 0.05) is 24.9 Å². The molecule has 0 saturated carbocycles. The fraction of sp³-hybridized carbons (Fsp3) is 0.238. The molecule has 2 heterocycles. The Hall–Kier alpha value is -4.09. The van der Waals surface area contributed by atoms with Crippen molar-refractivity contribution in [1.29, 1.82) is 0 Å². The number of hydrogen-bond acceptors (Lipinski definition) is 7. The number of nitrogens with zero attached hydrogens (tertiary/aromatic N) is 2. The summed E-state index contributed by atoms with van der Waals surface area (Å²) >= 11 is 0. The summed E-state index contributed by atoms with van der Waals surface area (Å²) in [5.74, 6) is -1.05. The van der Waals surface area contributed by atoms with Gasteiger partial charge >= 0.3 is 6.36 Å². The van der Waals surface area contributed by atoms with Crippen LogP contribution in [-0.2, 0) is 17.8 Å². The summed E-state index contributed by atoms with van der Waals surface area (Å²) in [5, 5.41) is 5.20. The number of alkyl halides is 3. The van der Waals surface area contributed by atoms with Gasteiger partial charge in [-0.05, 0) is 36.4 Å². The van der Waals surface area contributed by atoms with Crippen LogP contribution in [0.3, 0.4) is 0 Å². The standard InChI is InChI=1S/C21H19F3N4O5/c22-21(23,24)33-16-6-4-15(5-7-16)31-13-18(29)27-11-19-28-17(12-32-19)20(30)26-10-8-14-3-1-2-9-25-14/h1-7,9,12H,8,10-11,13H2,(H,26,30)(H,27,29). The third-order valence-electron chi connectivity index (χ3n) is 4.04. The molecule has 174 valence electrons. The summed E-state index contributed by atoms with van der Waals surface area (Å²) < 4.78 is 50.5. The Labute approximate surface area is 185 Å². The van der Waals surface area contributed by atoms with Crippen LogP contribution in [0.15, 0.2) is 59.3 Å². The van der Waals surface area contributed by atoms with Gasteiger partial charge in [0.15, 0.2) is 12.3 Å². The minimum absolute atomic E-state index is 0.0673. The number of halogens is 3. The Bertz CT molecular complexity index is 1060. The van der Waals surface area contributed by atoms with E-state index in [2.05, 4.69) is 25.3 Å². The molecule has 33 heavy (non-hydrogen) atoms. The highest BCUT2D eigenvalue weighted by molar-refractivity contribution is 5.91. The maximum absolute atomic E-state index is 12.1. The molecule has 0 aliphatic carbocycles.